The van der Waals surface area contributed by atoms with E-state index in [0.717, 1.165) is 11.5 Å². The number of hydrogen-bond acceptors (Lipinski definition) is 5. The molecule has 0 bridgehead atoms. The monoisotopic (exact) mass is 312 g/mol. The second-order valence-corrected chi connectivity index (χ2v) is 8.32. The van der Waals surface area contributed by atoms with E-state index in [1.165, 1.54) is 11.1 Å². The van der Waals surface area contributed by atoms with Crippen LogP contribution in [0.4, 0.5) is 0 Å². The largest absolute Gasteiger partial charge is 0.497 e. The quantitative estimate of drug-likeness (QED) is 0.661. The first-order valence-electron chi connectivity index (χ1n) is 6.94. The Labute approximate surface area is 130 Å². The molecule has 1 aromatic rings. The van der Waals surface area contributed by atoms with Gasteiger partial charge in [0.15, 0.2) is 0 Å². The molecule has 1 aromatic carbocycles. The zero-order chi connectivity index (χ0) is 14.7. The normalized spacial score (nSPS) is 28.1. The van der Waals surface area contributed by atoms with Gasteiger partial charge in [-0.25, -0.2) is 0 Å². The highest BCUT2D eigenvalue weighted by Gasteiger charge is 2.32. The van der Waals surface area contributed by atoms with Crippen molar-refractivity contribution in [2.45, 2.75) is 42.6 Å². The molecular weight excluding hydrogens is 288 g/mol. The van der Waals surface area contributed by atoms with Gasteiger partial charge in [-0.2, -0.15) is 23.5 Å². The van der Waals surface area contributed by atoms with Gasteiger partial charge < -0.3 is 4.74 Å². The summed E-state index contributed by atoms with van der Waals surface area (Å²) in [7, 11) is 1.70. The van der Waals surface area contributed by atoms with Crippen LogP contribution in [0, 0.1) is 6.92 Å². The summed E-state index contributed by atoms with van der Waals surface area (Å²) >= 11 is 4.09. The Hall–Kier alpha value is -0.360. The molecule has 0 spiro atoms. The van der Waals surface area contributed by atoms with Crippen LogP contribution in [0.3, 0.4) is 0 Å². The van der Waals surface area contributed by atoms with E-state index in [1.54, 1.807) is 7.11 Å². The second-order valence-electron chi connectivity index (χ2n) is 5.28. The molecule has 20 heavy (non-hydrogen) atoms. The zero-order valence-electron chi connectivity index (χ0n) is 12.6. The van der Waals surface area contributed by atoms with E-state index >= 15 is 0 Å². The maximum atomic E-state index is 5.85. The molecule has 0 amide bonds. The number of benzene rings is 1. The van der Waals surface area contributed by atoms with Crippen LogP contribution in [0.2, 0.25) is 0 Å². The third kappa shape index (κ3) is 3.45. The van der Waals surface area contributed by atoms with Crippen molar-refractivity contribution in [3.8, 4) is 5.75 Å². The lowest BCUT2D eigenvalue weighted by molar-refractivity contribution is 0.414. The third-order valence-electron chi connectivity index (χ3n) is 3.94. The Morgan fingerprint density at radius 2 is 2.10 bits per heavy atom. The van der Waals surface area contributed by atoms with E-state index in [-0.39, 0.29) is 6.04 Å². The molecular formula is C15H24N2OS2. The highest BCUT2D eigenvalue weighted by molar-refractivity contribution is 8.07. The van der Waals surface area contributed by atoms with Crippen molar-refractivity contribution in [3.05, 3.63) is 29.3 Å². The Balaban J connectivity index is 2.20. The summed E-state index contributed by atoms with van der Waals surface area (Å²) in [5.41, 5.74) is 5.52. The van der Waals surface area contributed by atoms with Crippen LogP contribution in [0.15, 0.2) is 18.2 Å². The highest BCUT2D eigenvalue weighted by atomic mass is 32.2. The van der Waals surface area contributed by atoms with E-state index < -0.39 is 0 Å². The minimum absolute atomic E-state index is 0.188. The number of nitrogens with two attached hydrogens (primary N) is 1. The molecule has 1 fully saturated rings. The summed E-state index contributed by atoms with van der Waals surface area (Å²) in [5.74, 6) is 7.88. The molecule has 4 unspecified atom stereocenters. The van der Waals surface area contributed by atoms with Gasteiger partial charge in [-0.3, -0.25) is 11.3 Å². The number of thioether (sulfide) groups is 2. The molecule has 3 N–H and O–H groups in total. The van der Waals surface area contributed by atoms with Gasteiger partial charge in [-0.05, 0) is 30.2 Å². The number of rotatable bonds is 4. The number of ether oxygens (including phenoxy) is 1. The SMILES string of the molecule is COc1ccc(C(NN)C2CSC(C)C(C)S2)c(C)c1. The zero-order valence-corrected chi connectivity index (χ0v) is 14.2. The predicted octanol–water partition coefficient (Wildman–Crippen LogP) is 3.13. The van der Waals surface area contributed by atoms with E-state index in [4.69, 9.17) is 10.6 Å². The molecule has 2 rings (SSSR count). The summed E-state index contributed by atoms with van der Waals surface area (Å²) < 4.78 is 5.28. The number of hydrazine groups is 1. The van der Waals surface area contributed by atoms with Crippen LogP contribution in [0.5, 0.6) is 5.75 Å². The second kappa shape index (κ2) is 7.07. The van der Waals surface area contributed by atoms with E-state index in [1.807, 2.05) is 29.6 Å². The van der Waals surface area contributed by atoms with Crippen molar-refractivity contribution in [2.75, 3.05) is 12.9 Å². The molecule has 0 radical (unpaired) electrons. The first-order chi connectivity index (χ1) is 9.56. The minimum Gasteiger partial charge on any atom is -0.497 e. The van der Waals surface area contributed by atoms with Crippen molar-refractivity contribution in [1.82, 2.24) is 5.43 Å². The van der Waals surface area contributed by atoms with E-state index in [9.17, 15) is 0 Å². The first-order valence-corrected chi connectivity index (χ1v) is 8.93. The molecule has 0 aliphatic carbocycles. The fourth-order valence-electron chi connectivity index (χ4n) is 2.50. The molecule has 1 heterocycles. The van der Waals surface area contributed by atoms with Crippen molar-refractivity contribution >= 4 is 23.5 Å². The molecule has 112 valence electrons. The van der Waals surface area contributed by atoms with Gasteiger partial charge in [0.05, 0.1) is 13.2 Å². The maximum absolute atomic E-state index is 5.85. The fourth-order valence-corrected chi connectivity index (χ4v) is 5.59. The van der Waals surface area contributed by atoms with Crippen LogP contribution in [-0.2, 0) is 0 Å². The topological polar surface area (TPSA) is 47.3 Å². The Bertz CT molecular complexity index is 455. The van der Waals surface area contributed by atoms with Crippen LogP contribution < -0.4 is 16.0 Å². The Kier molecular flexibility index (Phi) is 5.66. The average molecular weight is 313 g/mol. The number of aryl methyl sites for hydroxylation is 1. The van der Waals surface area contributed by atoms with Crippen molar-refractivity contribution < 1.29 is 4.74 Å². The van der Waals surface area contributed by atoms with Crippen LogP contribution in [-0.4, -0.2) is 28.6 Å². The van der Waals surface area contributed by atoms with Crippen LogP contribution in [0.25, 0.3) is 0 Å². The molecule has 1 aliphatic rings. The number of nitrogens with one attached hydrogen (secondary N) is 1. The maximum Gasteiger partial charge on any atom is 0.119 e. The van der Waals surface area contributed by atoms with E-state index in [0.29, 0.717) is 15.7 Å². The highest BCUT2D eigenvalue weighted by Crippen LogP contribution is 2.41. The lowest BCUT2D eigenvalue weighted by Crippen LogP contribution is -2.40. The molecule has 0 aromatic heterocycles. The van der Waals surface area contributed by atoms with Gasteiger partial charge in [0.1, 0.15) is 5.75 Å². The summed E-state index contributed by atoms with van der Waals surface area (Å²) in [6.07, 6.45) is 0. The van der Waals surface area contributed by atoms with Gasteiger partial charge in [0, 0.05) is 21.5 Å². The summed E-state index contributed by atoms with van der Waals surface area (Å²) in [6.45, 7) is 6.74. The lowest BCUT2D eigenvalue weighted by Gasteiger charge is -2.36. The third-order valence-corrected chi connectivity index (χ3v) is 7.43. The first kappa shape index (κ1) is 16.0. The molecule has 4 atom stereocenters. The molecule has 3 nitrogen and oxygen atoms in total. The smallest absolute Gasteiger partial charge is 0.119 e. The summed E-state index contributed by atoms with van der Waals surface area (Å²) in [5, 5.41) is 1.88. The summed E-state index contributed by atoms with van der Waals surface area (Å²) in [4.78, 5) is 0. The number of methoxy groups -OCH3 is 1. The van der Waals surface area contributed by atoms with Gasteiger partial charge in [-0.1, -0.05) is 19.9 Å². The molecule has 0 saturated carbocycles. The van der Waals surface area contributed by atoms with Gasteiger partial charge in [0.25, 0.3) is 0 Å². The van der Waals surface area contributed by atoms with E-state index in [2.05, 4.69) is 38.3 Å². The fraction of sp³-hybridized carbons (Fsp3) is 0.600. The van der Waals surface area contributed by atoms with Gasteiger partial charge in [-0.15, -0.1) is 0 Å². The standard InChI is InChI=1S/C15H24N2OS2/c1-9-7-12(18-4)5-6-13(9)15(17-16)14-8-19-10(2)11(3)20-14/h5-7,10-11,14-15,17H,8,16H2,1-4H3. The lowest BCUT2D eigenvalue weighted by atomic mass is 9.99. The predicted molar refractivity (Wildman–Crippen MR) is 90.6 cm³/mol. The van der Waals surface area contributed by atoms with Crippen molar-refractivity contribution in [2.24, 2.45) is 5.84 Å². The average Bonchev–Trinajstić information content (AvgIpc) is 2.45. The van der Waals surface area contributed by atoms with Gasteiger partial charge in [0.2, 0.25) is 0 Å². The Morgan fingerprint density at radius 1 is 1.35 bits per heavy atom. The molecule has 5 heteroatoms. The number of hydrogen-bond donors (Lipinski definition) is 2. The molecule has 1 saturated heterocycles. The minimum atomic E-state index is 0.188. The van der Waals surface area contributed by atoms with Crippen molar-refractivity contribution in [1.29, 1.82) is 0 Å². The van der Waals surface area contributed by atoms with Gasteiger partial charge >= 0.3 is 0 Å². The Morgan fingerprint density at radius 3 is 2.65 bits per heavy atom. The van der Waals surface area contributed by atoms with Crippen molar-refractivity contribution in [3.63, 3.8) is 0 Å². The van der Waals surface area contributed by atoms with Crippen LogP contribution >= 0.6 is 23.5 Å². The summed E-state index contributed by atoms with van der Waals surface area (Å²) in [6, 6.07) is 6.41. The molecule has 1 aliphatic heterocycles. The van der Waals surface area contributed by atoms with Crippen LogP contribution in [0.1, 0.15) is 31.0 Å².